The van der Waals surface area contributed by atoms with Crippen molar-refractivity contribution in [2.24, 2.45) is 5.73 Å². The zero-order valence-electron chi connectivity index (χ0n) is 11.3. The van der Waals surface area contributed by atoms with E-state index in [4.69, 9.17) is 15.0 Å². The van der Waals surface area contributed by atoms with Gasteiger partial charge in [0.2, 0.25) is 0 Å². The lowest BCUT2D eigenvalue weighted by atomic mass is 9.88. The van der Waals surface area contributed by atoms with Crippen LogP contribution in [0.1, 0.15) is 34.8 Å². The Morgan fingerprint density at radius 3 is 2.67 bits per heavy atom. The van der Waals surface area contributed by atoms with Gasteiger partial charge in [0.15, 0.2) is 11.5 Å². The highest BCUT2D eigenvalue weighted by Crippen LogP contribution is 2.38. The van der Waals surface area contributed by atoms with Crippen LogP contribution in [0.4, 0.5) is 4.39 Å². The first kappa shape index (κ1) is 13.8. The Labute approximate surface area is 120 Å². The van der Waals surface area contributed by atoms with Gasteiger partial charge in [0.05, 0.1) is 5.56 Å². The highest BCUT2D eigenvalue weighted by atomic mass is 19.1. The van der Waals surface area contributed by atoms with E-state index in [1.165, 1.54) is 6.07 Å². The minimum Gasteiger partial charge on any atom is -0.381 e. The Morgan fingerprint density at radius 2 is 2.00 bits per heavy atom. The molecule has 1 aliphatic rings. The van der Waals surface area contributed by atoms with E-state index in [9.17, 15) is 9.18 Å². The molecule has 5 nitrogen and oxygen atoms in total. The Morgan fingerprint density at radius 1 is 1.29 bits per heavy atom. The van der Waals surface area contributed by atoms with Crippen LogP contribution in [-0.4, -0.2) is 24.3 Å². The van der Waals surface area contributed by atoms with Crippen molar-refractivity contribution >= 4 is 5.91 Å². The summed E-state index contributed by atoms with van der Waals surface area (Å²) >= 11 is 0. The molecule has 0 spiro atoms. The molecule has 0 aliphatic carbocycles. The SMILES string of the molecule is NC(=O)c1noc(-c2ccccc2F)c1C1CCOCC1. The van der Waals surface area contributed by atoms with Crippen LogP contribution in [0.25, 0.3) is 11.3 Å². The summed E-state index contributed by atoms with van der Waals surface area (Å²) in [6, 6.07) is 6.25. The van der Waals surface area contributed by atoms with Crippen molar-refractivity contribution in [2.75, 3.05) is 13.2 Å². The van der Waals surface area contributed by atoms with Gasteiger partial charge in [-0.25, -0.2) is 4.39 Å². The lowest BCUT2D eigenvalue weighted by molar-refractivity contribution is 0.0845. The molecule has 110 valence electrons. The Bertz CT molecular complexity index is 663. The van der Waals surface area contributed by atoms with Gasteiger partial charge < -0.3 is 15.0 Å². The molecular formula is C15H15FN2O3. The molecule has 0 saturated carbocycles. The fraction of sp³-hybridized carbons (Fsp3) is 0.333. The van der Waals surface area contributed by atoms with Crippen LogP contribution < -0.4 is 5.73 Å². The molecule has 0 atom stereocenters. The number of nitrogens with two attached hydrogens (primary N) is 1. The van der Waals surface area contributed by atoms with E-state index in [0.29, 0.717) is 24.3 Å². The van der Waals surface area contributed by atoms with Crippen LogP contribution in [0, 0.1) is 5.82 Å². The van der Waals surface area contributed by atoms with Gasteiger partial charge >= 0.3 is 0 Å². The second kappa shape index (κ2) is 5.65. The van der Waals surface area contributed by atoms with E-state index in [2.05, 4.69) is 5.16 Å². The highest BCUT2D eigenvalue weighted by molar-refractivity contribution is 5.94. The predicted molar refractivity (Wildman–Crippen MR) is 73.2 cm³/mol. The molecule has 1 amide bonds. The van der Waals surface area contributed by atoms with Crippen LogP contribution in [0.15, 0.2) is 28.8 Å². The molecule has 21 heavy (non-hydrogen) atoms. The first-order valence-electron chi connectivity index (χ1n) is 6.80. The fourth-order valence-electron chi connectivity index (χ4n) is 2.68. The summed E-state index contributed by atoms with van der Waals surface area (Å²) in [5, 5.41) is 3.75. The van der Waals surface area contributed by atoms with E-state index in [1.54, 1.807) is 18.2 Å². The van der Waals surface area contributed by atoms with E-state index in [-0.39, 0.29) is 17.4 Å². The van der Waals surface area contributed by atoms with Gasteiger partial charge in [-0.15, -0.1) is 0 Å². The molecule has 2 aromatic rings. The quantitative estimate of drug-likeness (QED) is 0.941. The topological polar surface area (TPSA) is 78.4 Å². The number of aromatic nitrogens is 1. The van der Waals surface area contributed by atoms with Gasteiger partial charge in [0, 0.05) is 18.8 Å². The van der Waals surface area contributed by atoms with Crippen molar-refractivity contribution in [2.45, 2.75) is 18.8 Å². The molecule has 6 heteroatoms. The van der Waals surface area contributed by atoms with Crippen LogP contribution in [-0.2, 0) is 4.74 Å². The monoisotopic (exact) mass is 290 g/mol. The predicted octanol–water partition coefficient (Wildman–Crippen LogP) is 2.47. The lowest BCUT2D eigenvalue weighted by Gasteiger charge is -2.22. The molecule has 0 bridgehead atoms. The number of amides is 1. The molecule has 0 unspecified atom stereocenters. The largest absolute Gasteiger partial charge is 0.381 e. The van der Waals surface area contributed by atoms with Crippen molar-refractivity contribution in [1.82, 2.24) is 5.16 Å². The average molecular weight is 290 g/mol. The van der Waals surface area contributed by atoms with E-state index in [1.807, 2.05) is 0 Å². The number of nitrogens with zero attached hydrogens (tertiary/aromatic N) is 1. The smallest absolute Gasteiger partial charge is 0.271 e. The maximum absolute atomic E-state index is 14.0. The summed E-state index contributed by atoms with van der Waals surface area (Å²) in [5.74, 6) is -0.767. The number of carbonyl (C=O) groups is 1. The Kier molecular flexibility index (Phi) is 3.70. The molecular weight excluding hydrogens is 275 g/mol. The van der Waals surface area contributed by atoms with Gasteiger partial charge in [-0.2, -0.15) is 0 Å². The molecule has 1 aromatic heterocycles. The molecule has 1 fully saturated rings. The van der Waals surface area contributed by atoms with Crippen molar-refractivity contribution in [1.29, 1.82) is 0 Å². The van der Waals surface area contributed by atoms with Gasteiger partial charge in [-0.3, -0.25) is 4.79 Å². The summed E-state index contributed by atoms with van der Waals surface area (Å²) in [5.41, 5.74) is 6.33. The normalized spacial score (nSPS) is 16.0. The second-order valence-electron chi connectivity index (χ2n) is 5.00. The number of halogens is 1. The second-order valence-corrected chi connectivity index (χ2v) is 5.00. The average Bonchev–Trinajstić information content (AvgIpc) is 2.93. The van der Waals surface area contributed by atoms with Crippen molar-refractivity contribution in [3.63, 3.8) is 0 Å². The van der Waals surface area contributed by atoms with Crippen LogP contribution >= 0.6 is 0 Å². The minimum atomic E-state index is -0.664. The zero-order chi connectivity index (χ0) is 14.8. The zero-order valence-corrected chi connectivity index (χ0v) is 11.3. The van der Waals surface area contributed by atoms with E-state index >= 15 is 0 Å². The van der Waals surface area contributed by atoms with Gasteiger partial charge in [-0.1, -0.05) is 17.3 Å². The van der Waals surface area contributed by atoms with Crippen LogP contribution in [0.3, 0.4) is 0 Å². The molecule has 2 N–H and O–H groups in total. The van der Waals surface area contributed by atoms with Gasteiger partial charge in [0.1, 0.15) is 5.82 Å². The van der Waals surface area contributed by atoms with Crippen molar-refractivity contribution in [3.05, 3.63) is 41.3 Å². The molecule has 3 rings (SSSR count). The highest BCUT2D eigenvalue weighted by Gasteiger charge is 2.30. The first-order chi connectivity index (χ1) is 10.2. The fourth-order valence-corrected chi connectivity index (χ4v) is 2.68. The number of ether oxygens (including phenoxy) is 1. The van der Waals surface area contributed by atoms with Gasteiger partial charge in [-0.05, 0) is 30.9 Å². The van der Waals surface area contributed by atoms with Crippen molar-refractivity contribution in [3.8, 4) is 11.3 Å². The summed E-state index contributed by atoms with van der Waals surface area (Å²) < 4.78 is 24.6. The third-order valence-electron chi connectivity index (χ3n) is 3.71. The molecule has 1 saturated heterocycles. The van der Waals surface area contributed by atoms with Gasteiger partial charge in [0.25, 0.3) is 5.91 Å². The maximum Gasteiger partial charge on any atom is 0.271 e. The number of hydrogen-bond donors (Lipinski definition) is 1. The van der Waals surface area contributed by atoms with E-state index < -0.39 is 11.7 Å². The maximum atomic E-state index is 14.0. The molecule has 2 heterocycles. The third-order valence-corrected chi connectivity index (χ3v) is 3.71. The standard InChI is InChI=1S/C15H15FN2O3/c16-11-4-2-1-3-10(11)14-12(9-5-7-20-8-6-9)13(15(17)19)18-21-14/h1-4,9H,5-8H2,(H2,17,19). The number of primary amides is 1. The Balaban J connectivity index is 2.12. The first-order valence-corrected chi connectivity index (χ1v) is 6.80. The summed E-state index contributed by atoms with van der Waals surface area (Å²) in [6.07, 6.45) is 1.45. The van der Waals surface area contributed by atoms with Crippen molar-refractivity contribution < 1.29 is 18.4 Å². The number of rotatable bonds is 3. The van der Waals surface area contributed by atoms with E-state index in [0.717, 1.165) is 12.8 Å². The minimum absolute atomic E-state index is 0.0297. The van der Waals surface area contributed by atoms with Crippen LogP contribution in [0.5, 0.6) is 0 Å². The summed E-state index contributed by atoms with van der Waals surface area (Å²) in [4.78, 5) is 11.6. The third kappa shape index (κ3) is 2.54. The van der Waals surface area contributed by atoms with Crippen LogP contribution in [0.2, 0.25) is 0 Å². The molecule has 1 aromatic carbocycles. The number of carbonyl (C=O) groups excluding carboxylic acids is 1. The molecule has 1 aliphatic heterocycles. The summed E-state index contributed by atoms with van der Waals surface area (Å²) in [7, 11) is 0. The number of benzene rings is 1. The summed E-state index contributed by atoms with van der Waals surface area (Å²) in [6.45, 7) is 1.18. The number of hydrogen-bond acceptors (Lipinski definition) is 4. The lowest BCUT2D eigenvalue weighted by Crippen LogP contribution is -2.19. The Hall–Kier alpha value is -2.21. The molecule has 0 radical (unpaired) electrons.